The SMILES string of the molecule is Cc1cc2c(C#N)cn(-c3c(C)ccc(OC(=O)OC(C)(C)C)c3C)c2nc1OCC1(N)CC1. The van der Waals surface area contributed by atoms with Crippen LogP contribution in [0.3, 0.4) is 0 Å². The molecule has 1 saturated carbocycles. The van der Waals surface area contributed by atoms with Gasteiger partial charge in [0.1, 0.15) is 29.7 Å². The normalized spacial score (nSPS) is 14.5. The third-order valence-corrected chi connectivity index (χ3v) is 5.84. The van der Waals surface area contributed by atoms with Crippen molar-refractivity contribution in [2.45, 2.75) is 65.5 Å². The Kier molecular flexibility index (Phi) is 5.78. The summed E-state index contributed by atoms with van der Waals surface area (Å²) < 4.78 is 18.6. The van der Waals surface area contributed by atoms with E-state index >= 15 is 0 Å². The van der Waals surface area contributed by atoms with Gasteiger partial charge in [0, 0.05) is 22.7 Å². The fraction of sp³-hybridized carbons (Fsp3) is 0.423. The Bertz CT molecular complexity index is 1320. The Morgan fingerprint density at radius 1 is 1.24 bits per heavy atom. The Hall–Kier alpha value is -3.57. The number of nitriles is 1. The molecule has 2 aromatic heterocycles. The first-order chi connectivity index (χ1) is 15.9. The van der Waals surface area contributed by atoms with Crippen LogP contribution in [0.25, 0.3) is 16.7 Å². The predicted molar refractivity (Wildman–Crippen MR) is 129 cm³/mol. The van der Waals surface area contributed by atoms with Crippen molar-refractivity contribution < 1.29 is 19.0 Å². The molecule has 1 aliphatic rings. The van der Waals surface area contributed by atoms with Crippen LogP contribution in [0.2, 0.25) is 0 Å². The van der Waals surface area contributed by atoms with E-state index in [2.05, 4.69) is 6.07 Å². The summed E-state index contributed by atoms with van der Waals surface area (Å²) in [5, 5.41) is 10.5. The molecule has 4 rings (SSSR count). The summed E-state index contributed by atoms with van der Waals surface area (Å²) in [4.78, 5) is 17.1. The van der Waals surface area contributed by atoms with Crippen molar-refractivity contribution in [3.63, 3.8) is 0 Å². The van der Waals surface area contributed by atoms with Crippen molar-refractivity contribution in [1.82, 2.24) is 9.55 Å². The first-order valence-electron chi connectivity index (χ1n) is 11.3. The maximum absolute atomic E-state index is 12.3. The van der Waals surface area contributed by atoms with Crippen LogP contribution in [0.15, 0.2) is 24.4 Å². The van der Waals surface area contributed by atoms with Gasteiger partial charge in [-0.15, -0.1) is 0 Å². The van der Waals surface area contributed by atoms with Crippen molar-refractivity contribution in [3.8, 4) is 23.4 Å². The number of hydrogen-bond donors (Lipinski definition) is 1. The summed E-state index contributed by atoms with van der Waals surface area (Å²) in [5.74, 6) is 0.863. The molecule has 1 aliphatic carbocycles. The van der Waals surface area contributed by atoms with Crippen LogP contribution in [0.4, 0.5) is 4.79 Å². The summed E-state index contributed by atoms with van der Waals surface area (Å²) in [7, 11) is 0. The van der Waals surface area contributed by atoms with E-state index in [4.69, 9.17) is 24.9 Å². The highest BCUT2D eigenvalue weighted by Crippen LogP contribution is 2.36. The number of nitrogens with zero attached hydrogens (tertiary/aromatic N) is 3. The van der Waals surface area contributed by atoms with E-state index in [1.807, 2.05) is 37.5 Å². The third kappa shape index (κ3) is 4.70. The lowest BCUT2D eigenvalue weighted by Gasteiger charge is -2.20. The smallest absolute Gasteiger partial charge is 0.475 e. The summed E-state index contributed by atoms with van der Waals surface area (Å²) in [6.07, 6.45) is 2.84. The van der Waals surface area contributed by atoms with Crippen LogP contribution in [0.5, 0.6) is 11.6 Å². The van der Waals surface area contributed by atoms with E-state index in [0.29, 0.717) is 29.4 Å². The lowest BCUT2D eigenvalue weighted by atomic mass is 10.1. The van der Waals surface area contributed by atoms with Crippen molar-refractivity contribution in [1.29, 1.82) is 5.26 Å². The van der Waals surface area contributed by atoms with Crippen molar-refractivity contribution in [3.05, 3.63) is 46.6 Å². The monoisotopic (exact) mass is 462 g/mol. The maximum Gasteiger partial charge on any atom is 0.514 e. The molecule has 0 unspecified atom stereocenters. The molecule has 0 bridgehead atoms. The number of nitrogens with two attached hydrogens (primary N) is 1. The number of hydrogen-bond acceptors (Lipinski definition) is 7. The second kappa shape index (κ2) is 8.33. The number of rotatable bonds is 5. The second-order valence-corrected chi connectivity index (χ2v) is 10.1. The number of fused-ring (bicyclic) bond motifs is 1. The molecule has 0 radical (unpaired) electrons. The second-order valence-electron chi connectivity index (χ2n) is 10.1. The molecule has 8 nitrogen and oxygen atoms in total. The summed E-state index contributed by atoms with van der Waals surface area (Å²) in [6, 6.07) is 7.76. The number of pyridine rings is 1. The van der Waals surface area contributed by atoms with Gasteiger partial charge in [-0.25, -0.2) is 4.79 Å². The molecule has 178 valence electrons. The lowest BCUT2D eigenvalue weighted by Crippen LogP contribution is -2.30. The van der Waals surface area contributed by atoms with E-state index in [9.17, 15) is 10.1 Å². The Labute approximate surface area is 199 Å². The average molecular weight is 463 g/mol. The van der Waals surface area contributed by atoms with Crippen molar-refractivity contribution in [2.75, 3.05) is 6.61 Å². The maximum atomic E-state index is 12.3. The third-order valence-electron chi connectivity index (χ3n) is 5.84. The fourth-order valence-electron chi connectivity index (χ4n) is 3.81. The molecule has 2 N–H and O–H groups in total. The minimum Gasteiger partial charge on any atom is -0.475 e. The highest BCUT2D eigenvalue weighted by atomic mass is 16.7. The topological polar surface area (TPSA) is 112 Å². The summed E-state index contributed by atoms with van der Waals surface area (Å²) in [5.41, 5.74) is 9.57. The number of carbonyl (C=O) groups excluding carboxylic acids is 1. The van der Waals surface area contributed by atoms with E-state index < -0.39 is 11.8 Å². The summed E-state index contributed by atoms with van der Waals surface area (Å²) >= 11 is 0. The molecule has 34 heavy (non-hydrogen) atoms. The van der Waals surface area contributed by atoms with E-state index in [0.717, 1.165) is 40.6 Å². The molecular formula is C26H30N4O4. The molecule has 0 spiro atoms. The highest BCUT2D eigenvalue weighted by molar-refractivity contribution is 5.87. The molecule has 2 heterocycles. The zero-order chi connectivity index (χ0) is 24.8. The molecular weight excluding hydrogens is 432 g/mol. The number of aryl methyl sites for hydroxylation is 2. The number of carbonyl (C=O) groups is 1. The molecule has 0 saturated heterocycles. The van der Waals surface area contributed by atoms with Crippen LogP contribution in [0.1, 0.15) is 55.9 Å². The molecule has 0 amide bonds. The fourth-order valence-corrected chi connectivity index (χ4v) is 3.81. The zero-order valence-electron chi connectivity index (χ0n) is 20.5. The zero-order valence-corrected chi connectivity index (χ0v) is 20.5. The average Bonchev–Trinajstić information content (AvgIpc) is 3.38. The largest absolute Gasteiger partial charge is 0.514 e. The predicted octanol–water partition coefficient (Wildman–Crippen LogP) is 5.01. The summed E-state index contributed by atoms with van der Waals surface area (Å²) in [6.45, 7) is 11.4. The molecule has 1 fully saturated rings. The Balaban J connectivity index is 1.79. The molecule has 8 heteroatoms. The van der Waals surface area contributed by atoms with Crippen LogP contribution in [-0.2, 0) is 4.74 Å². The minimum atomic E-state index is -0.777. The molecule has 3 aromatic rings. The van der Waals surface area contributed by atoms with Gasteiger partial charge >= 0.3 is 6.16 Å². The van der Waals surface area contributed by atoms with E-state index in [1.54, 1.807) is 33.0 Å². The van der Waals surface area contributed by atoms with Crippen LogP contribution >= 0.6 is 0 Å². The number of ether oxygens (including phenoxy) is 3. The highest BCUT2D eigenvalue weighted by Gasteiger charge is 2.39. The molecule has 1 aromatic carbocycles. The number of benzene rings is 1. The Morgan fingerprint density at radius 2 is 1.94 bits per heavy atom. The van der Waals surface area contributed by atoms with Crippen molar-refractivity contribution >= 4 is 17.2 Å². The van der Waals surface area contributed by atoms with Crippen LogP contribution in [-0.4, -0.2) is 33.5 Å². The first-order valence-corrected chi connectivity index (χ1v) is 11.3. The van der Waals surface area contributed by atoms with E-state index in [-0.39, 0.29) is 5.54 Å². The van der Waals surface area contributed by atoms with Gasteiger partial charge in [-0.2, -0.15) is 10.2 Å². The van der Waals surface area contributed by atoms with Gasteiger partial charge in [-0.05, 0) is 72.1 Å². The first kappa shape index (κ1) is 23.6. The molecule has 0 aliphatic heterocycles. The van der Waals surface area contributed by atoms with Gasteiger partial charge in [0.15, 0.2) is 0 Å². The Morgan fingerprint density at radius 3 is 2.56 bits per heavy atom. The standard InChI is InChI=1S/C26H30N4O4/c1-15-7-8-20(33-24(31)34-25(4,5)6)17(3)21(15)30-13-18(12-27)19-11-16(2)23(29-22(19)30)32-14-26(28)9-10-26/h7-8,11,13H,9-10,14,28H2,1-6H3. The van der Waals surface area contributed by atoms with E-state index in [1.165, 1.54) is 0 Å². The van der Waals surface area contributed by atoms with Gasteiger partial charge in [0.05, 0.1) is 16.8 Å². The quantitative estimate of drug-likeness (QED) is 0.419. The van der Waals surface area contributed by atoms with Crippen LogP contribution < -0.4 is 15.2 Å². The lowest BCUT2D eigenvalue weighted by molar-refractivity contribution is 0.0205. The van der Waals surface area contributed by atoms with Gasteiger partial charge in [0.2, 0.25) is 5.88 Å². The van der Waals surface area contributed by atoms with Gasteiger partial charge in [-0.3, -0.25) is 4.57 Å². The van der Waals surface area contributed by atoms with Crippen molar-refractivity contribution in [2.24, 2.45) is 5.73 Å². The van der Waals surface area contributed by atoms with Gasteiger partial charge < -0.3 is 19.9 Å². The molecule has 0 atom stereocenters. The number of aromatic nitrogens is 2. The van der Waals surface area contributed by atoms with Crippen LogP contribution in [0, 0.1) is 32.1 Å². The minimum absolute atomic E-state index is 0.274. The van der Waals surface area contributed by atoms with Gasteiger partial charge in [-0.1, -0.05) is 6.07 Å². The van der Waals surface area contributed by atoms with Gasteiger partial charge in [0.25, 0.3) is 0 Å².